The minimum atomic E-state index is -0.783. The third kappa shape index (κ3) is 2.44. The van der Waals surface area contributed by atoms with Crippen molar-refractivity contribution in [2.75, 3.05) is 0 Å². The summed E-state index contributed by atoms with van der Waals surface area (Å²) in [6, 6.07) is 3.87. The Morgan fingerprint density at radius 1 is 1.83 bits per heavy atom. The summed E-state index contributed by atoms with van der Waals surface area (Å²) < 4.78 is 0.820. The molecule has 1 unspecified atom stereocenters. The van der Waals surface area contributed by atoms with Crippen LogP contribution in [0.1, 0.15) is 18.2 Å². The van der Waals surface area contributed by atoms with E-state index in [4.69, 9.17) is 0 Å². The first-order chi connectivity index (χ1) is 5.52. The predicted molar refractivity (Wildman–Crippen MR) is 56.6 cm³/mol. The van der Waals surface area contributed by atoms with E-state index in [1.165, 1.54) is 0 Å². The molecule has 1 N–H and O–H groups in total. The zero-order valence-electron chi connectivity index (χ0n) is 6.88. The van der Waals surface area contributed by atoms with E-state index < -0.39 is 5.60 Å². The van der Waals surface area contributed by atoms with Gasteiger partial charge >= 0.3 is 0 Å². The van der Waals surface area contributed by atoms with Crippen molar-refractivity contribution in [3.63, 3.8) is 0 Å². The van der Waals surface area contributed by atoms with Crippen LogP contribution in [0.3, 0.4) is 0 Å². The molecule has 1 aromatic heterocycles. The first-order valence-electron chi connectivity index (χ1n) is 3.62. The highest BCUT2D eigenvalue weighted by molar-refractivity contribution is 9.11. The van der Waals surface area contributed by atoms with E-state index in [9.17, 15) is 5.11 Å². The van der Waals surface area contributed by atoms with Gasteiger partial charge in [-0.25, -0.2) is 0 Å². The summed E-state index contributed by atoms with van der Waals surface area (Å²) in [5.74, 6) is 0. The van der Waals surface area contributed by atoms with Gasteiger partial charge in [0.15, 0.2) is 0 Å². The van der Waals surface area contributed by atoms with Crippen LogP contribution in [0.15, 0.2) is 28.6 Å². The Labute approximate surface area is 84.9 Å². The molecule has 0 bridgehead atoms. The van der Waals surface area contributed by atoms with Crippen molar-refractivity contribution < 1.29 is 5.11 Å². The third-order valence-electron chi connectivity index (χ3n) is 1.59. The molecular weight excluding hydrogens is 236 g/mol. The van der Waals surface area contributed by atoms with Gasteiger partial charge in [0.25, 0.3) is 0 Å². The van der Waals surface area contributed by atoms with Crippen LogP contribution in [-0.2, 0) is 5.60 Å². The highest BCUT2D eigenvalue weighted by atomic mass is 79.9. The summed E-state index contributed by atoms with van der Waals surface area (Å²) in [4.78, 5) is 0.975. The van der Waals surface area contributed by atoms with Crippen LogP contribution in [0.4, 0.5) is 0 Å². The van der Waals surface area contributed by atoms with E-state index in [0.29, 0.717) is 6.42 Å². The van der Waals surface area contributed by atoms with Gasteiger partial charge in [-0.1, -0.05) is 28.6 Å². The summed E-state index contributed by atoms with van der Waals surface area (Å²) in [7, 11) is 0. The fourth-order valence-electron chi connectivity index (χ4n) is 1.05. The van der Waals surface area contributed by atoms with Crippen molar-refractivity contribution in [3.05, 3.63) is 33.5 Å². The molecule has 0 saturated carbocycles. The lowest BCUT2D eigenvalue weighted by Crippen LogP contribution is -2.19. The minimum absolute atomic E-state index is 0.549. The Kier molecular flexibility index (Phi) is 3.09. The van der Waals surface area contributed by atoms with Gasteiger partial charge in [-0.05, 0) is 22.9 Å². The van der Waals surface area contributed by atoms with E-state index in [1.807, 2.05) is 17.5 Å². The Morgan fingerprint density at radius 3 is 2.92 bits per heavy atom. The minimum Gasteiger partial charge on any atom is -0.384 e. The lowest BCUT2D eigenvalue weighted by Gasteiger charge is -2.20. The van der Waals surface area contributed by atoms with Gasteiger partial charge < -0.3 is 5.11 Å². The number of halogens is 1. The van der Waals surface area contributed by atoms with Gasteiger partial charge in [-0.15, -0.1) is 11.3 Å². The van der Waals surface area contributed by atoms with E-state index in [0.717, 1.165) is 9.36 Å². The molecule has 1 rings (SSSR count). The molecular formula is C9H11BrOS. The van der Waals surface area contributed by atoms with Crippen LogP contribution in [0.25, 0.3) is 0 Å². The Bertz CT molecular complexity index is 264. The quantitative estimate of drug-likeness (QED) is 0.869. The van der Waals surface area contributed by atoms with E-state index in [1.54, 1.807) is 18.3 Å². The second kappa shape index (κ2) is 3.73. The third-order valence-corrected chi connectivity index (χ3v) is 2.99. The van der Waals surface area contributed by atoms with E-state index in [-0.39, 0.29) is 0 Å². The largest absolute Gasteiger partial charge is 0.384 e. The van der Waals surface area contributed by atoms with Crippen molar-refractivity contribution in [2.24, 2.45) is 0 Å². The molecule has 0 aliphatic rings. The predicted octanol–water partition coefficient (Wildman–Crippen LogP) is 3.25. The van der Waals surface area contributed by atoms with Crippen LogP contribution in [0, 0.1) is 0 Å². The number of hydrogen-bond acceptors (Lipinski definition) is 2. The first kappa shape index (κ1) is 9.96. The molecule has 12 heavy (non-hydrogen) atoms. The molecule has 0 aliphatic heterocycles. The van der Waals surface area contributed by atoms with Crippen molar-refractivity contribution in [3.8, 4) is 0 Å². The van der Waals surface area contributed by atoms with Gasteiger partial charge in [-0.2, -0.15) is 0 Å². The molecule has 0 radical (unpaired) electrons. The lowest BCUT2D eigenvalue weighted by molar-refractivity contribution is 0.0638. The molecule has 0 fully saturated rings. The number of thiophene rings is 1. The average molecular weight is 247 g/mol. The Hall–Kier alpha value is -0.120. The van der Waals surface area contributed by atoms with Crippen molar-refractivity contribution >= 4 is 27.3 Å². The molecule has 3 heteroatoms. The van der Waals surface area contributed by atoms with E-state index in [2.05, 4.69) is 22.5 Å². The fourth-order valence-corrected chi connectivity index (χ4v) is 2.38. The van der Waals surface area contributed by atoms with Gasteiger partial charge in [0, 0.05) is 11.3 Å². The van der Waals surface area contributed by atoms with Crippen molar-refractivity contribution in [1.29, 1.82) is 0 Å². The van der Waals surface area contributed by atoms with Crippen LogP contribution >= 0.6 is 27.3 Å². The van der Waals surface area contributed by atoms with Crippen LogP contribution in [0.2, 0.25) is 0 Å². The maximum Gasteiger partial charge on any atom is 0.100 e. The zero-order valence-corrected chi connectivity index (χ0v) is 9.28. The zero-order chi connectivity index (χ0) is 9.19. The molecule has 0 spiro atoms. The van der Waals surface area contributed by atoms with Crippen molar-refractivity contribution in [2.45, 2.75) is 18.9 Å². The van der Waals surface area contributed by atoms with Gasteiger partial charge in [0.2, 0.25) is 0 Å². The molecule has 0 aromatic carbocycles. The number of hydrogen-bond donors (Lipinski definition) is 1. The van der Waals surface area contributed by atoms with E-state index >= 15 is 0 Å². The first-order valence-corrected chi connectivity index (χ1v) is 5.29. The summed E-state index contributed by atoms with van der Waals surface area (Å²) >= 11 is 4.81. The summed E-state index contributed by atoms with van der Waals surface area (Å²) in [5.41, 5.74) is -0.783. The summed E-state index contributed by atoms with van der Waals surface area (Å²) in [6.45, 7) is 5.51. The monoisotopic (exact) mass is 246 g/mol. The molecule has 0 amide bonds. The highest BCUT2D eigenvalue weighted by Crippen LogP contribution is 2.32. The average Bonchev–Trinajstić information content (AvgIpc) is 2.32. The molecule has 0 aliphatic carbocycles. The second-order valence-electron chi connectivity index (χ2n) is 2.95. The molecule has 1 atom stereocenters. The number of rotatable bonds is 3. The second-order valence-corrected chi connectivity index (χ2v) is 5.01. The van der Waals surface area contributed by atoms with Gasteiger partial charge in [0.05, 0.1) is 0 Å². The lowest BCUT2D eigenvalue weighted by atomic mass is 10.0. The summed E-state index contributed by atoms with van der Waals surface area (Å²) in [6.07, 6.45) is 0.549. The van der Waals surface area contributed by atoms with Crippen molar-refractivity contribution in [1.82, 2.24) is 0 Å². The summed E-state index contributed by atoms with van der Waals surface area (Å²) in [5, 5.41) is 11.9. The van der Waals surface area contributed by atoms with Crippen LogP contribution in [-0.4, -0.2) is 5.11 Å². The smallest absolute Gasteiger partial charge is 0.100 e. The Morgan fingerprint density at radius 2 is 2.50 bits per heavy atom. The highest BCUT2D eigenvalue weighted by Gasteiger charge is 2.24. The molecule has 0 saturated heterocycles. The SMILES string of the molecule is C=C(Br)CC(C)(O)c1cccs1. The molecule has 1 aromatic rings. The number of aliphatic hydroxyl groups is 1. The Balaban J connectivity index is 2.79. The molecule has 1 nitrogen and oxygen atoms in total. The maximum absolute atomic E-state index is 9.96. The maximum atomic E-state index is 9.96. The van der Waals surface area contributed by atoms with Gasteiger partial charge in [-0.3, -0.25) is 0 Å². The molecule has 1 heterocycles. The standard InChI is InChI=1S/C9H11BrOS/c1-7(10)6-9(2,11)8-4-3-5-12-8/h3-5,11H,1,6H2,2H3. The molecule has 66 valence electrons. The van der Waals surface area contributed by atoms with Crippen LogP contribution in [0.5, 0.6) is 0 Å². The normalized spacial score (nSPS) is 15.6. The van der Waals surface area contributed by atoms with Gasteiger partial charge in [0.1, 0.15) is 5.60 Å². The van der Waals surface area contributed by atoms with Crippen LogP contribution < -0.4 is 0 Å². The fraction of sp³-hybridized carbons (Fsp3) is 0.333. The topological polar surface area (TPSA) is 20.2 Å².